The van der Waals surface area contributed by atoms with Crippen LogP contribution >= 0.6 is 22.7 Å². The zero-order chi connectivity index (χ0) is 19.4. The fourth-order valence-corrected chi connectivity index (χ4v) is 4.19. The summed E-state index contributed by atoms with van der Waals surface area (Å²) in [5.41, 5.74) is 3.34. The molecule has 1 aromatic carbocycles. The van der Waals surface area contributed by atoms with Crippen molar-refractivity contribution in [3.8, 4) is 11.8 Å². The van der Waals surface area contributed by atoms with E-state index in [1.54, 1.807) is 0 Å². The van der Waals surface area contributed by atoms with E-state index in [1.807, 2.05) is 50.4 Å². The molecule has 2 aromatic heterocycles. The lowest BCUT2D eigenvalue weighted by Gasteiger charge is -2.04. The number of aryl methyl sites for hydroxylation is 2. The molecule has 3 rings (SSSR count). The second kappa shape index (κ2) is 8.33. The number of thiazole rings is 1. The number of anilines is 1. The third-order valence-corrected chi connectivity index (χ3v) is 6.07. The van der Waals surface area contributed by atoms with E-state index in [-0.39, 0.29) is 12.3 Å². The van der Waals surface area contributed by atoms with Crippen molar-refractivity contribution in [2.24, 2.45) is 0 Å². The van der Waals surface area contributed by atoms with Gasteiger partial charge in [0.1, 0.15) is 28.4 Å². The topological polar surface area (TPSA) is 75.0 Å². The molecule has 0 saturated heterocycles. The van der Waals surface area contributed by atoms with Gasteiger partial charge in [0.05, 0.1) is 17.7 Å². The maximum atomic E-state index is 12.3. The third kappa shape index (κ3) is 4.73. The molecule has 0 aliphatic carbocycles. The number of aromatic nitrogens is 1. The monoisotopic (exact) mass is 397 g/mol. The van der Waals surface area contributed by atoms with Gasteiger partial charge in [0.15, 0.2) is 0 Å². The lowest BCUT2D eigenvalue weighted by atomic mass is 10.2. The Morgan fingerprint density at radius 2 is 2.00 bits per heavy atom. The number of benzene rings is 1. The van der Waals surface area contributed by atoms with Crippen LogP contribution in [0, 0.1) is 32.1 Å². The van der Waals surface area contributed by atoms with Gasteiger partial charge in [-0.05, 0) is 38.5 Å². The molecule has 1 amide bonds. The number of rotatable bonds is 6. The Balaban J connectivity index is 1.57. The van der Waals surface area contributed by atoms with E-state index in [2.05, 4.69) is 16.4 Å². The van der Waals surface area contributed by atoms with Crippen LogP contribution in [-0.2, 0) is 17.8 Å². The first-order valence-corrected chi connectivity index (χ1v) is 10.1. The van der Waals surface area contributed by atoms with Gasteiger partial charge in [-0.3, -0.25) is 4.79 Å². The molecule has 7 heteroatoms. The van der Waals surface area contributed by atoms with Crippen LogP contribution in [0.4, 0.5) is 5.00 Å². The van der Waals surface area contributed by atoms with Crippen molar-refractivity contribution in [1.82, 2.24) is 4.98 Å². The predicted molar refractivity (Wildman–Crippen MR) is 108 cm³/mol. The maximum Gasteiger partial charge on any atom is 0.231 e. The van der Waals surface area contributed by atoms with Gasteiger partial charge >= 0.3 is 0 Å². The van der Waals surface area contributed by atoms with E-state index < -0.39 is 0 Å². The van der Waals surface area contributed by atoms with Gasteiger partial charge < -0.3 is 10.1 Å². The van der Waals surface area contributed by atoms with Crippen LogP contribution in [0.3, 0.4) is 0 Å². The van der Waals surface area contributed by atoms with E-state index in [4.69, 9.17) is 4.74 Å². The number of carbonyl (C=O) groups excluding carboxylic acids is 1. The summed E-state index contributed by atoms with van der Waals surface area (Å²) in [7, 11) is 0. The van der Waals surface area contributed by atoms with E-state index in [9.17, 15) is 10.1 Å². The second-order valence-electron chi connectivity index (χ2n) is 6.16. The lowest BCUT2D eigenvalue weighted by Crippen LogP contribution is -2.14. The average Bonchev–Trinajstić information content (AvgIpc) is 3.18. The number of amides is 1. The Bertz CT molecular complexity index is 997. The van der Waals surface area contributed by atoms with E-state index in [0.29, 0.717) is 22.9 Å². The van der Waals surface area contributed by atoms with Crippen molar-refractivity contribution >= 4 is 33.6 Å². The average molecular weight is 398 g/mol. The summed E-state index contributed by atoms with van der Waals surface area (Å²) in [5, 5.41) is 15.4. The molecular formula is C20H19N3O2S2. The number of ether oxygens (including phenoxy) is 1. The molecule has 0 saturated carbocycles. The van der Waals surface area contributed by atoms with Gasteiger partial charge in [0.2, 0.25) is 5.91 Å². The molecule has 3 aromatic rings. The van der Waals surface area contributed by atoms with Crippen LogP contribution in [0.5, 0.6) is 5.75 Å². The second-order valence-corrected chi connectivity index (χ2v) is 8.33. The van der Waals surface area contributed by atoms with Gasteiger partial charge in [-0.1, -0.05) is 17.7 Å². The normalized spacial score (nSPS) is 10.4. The molecule has 138 valence electrons. The molecule has 0 fully saturated rings. The Labute approximate surface area is 166 Å². The smallest absolute Gasteiger partial charge is 0.231 e. The third-order valence-electron chi connectivity index (χ3n) is 4.07. The van der Waals surface area contributed by atoms with Crippen molar-refractivity contribution < 1.29 is 9.53 Å². The maximum absolute atomic E-state index is 12.3. The van der Waals surface area contributed by atoms with Crippen molar-refractivity contribution in [3.63, 3.8) is 0 Å². The lowest BCUT2D eigenvalue weighted by molar-refractivity contribution is -0.115. The Kier molecular flexibility index (Phi) is 5.89. The summed E-state index contributed by atoms with van der Waals surface area (Å²) in [6.45, 7) is 6.23. The van der Waals surface area contributed by atoms with Crippen LogP contribution in [0.2, 0.25) is 0 Å². The number of nitrogens with one attached hydrogen (secondary N) is 1. The molecule has 0 bridgehead atoms. The summed E-state index contributed by atoms with van der Waals surface area (Å²) >= 11 is 2.89. The minimum atomic E-state index is -0.177. The first kappa shape index (κ1) is 19.1. The Hall–Kier alpha value is -2.69. The van der Waals surface area contributed by atoms with Gasteiger partial charge in [-0.15, -0.1) is 22.7 Å². The van der Waals surface area contributed by atoms with Crippen LogP contribution in [-0.4, -0.2) is 10.9 Å². The van der Waals surface area contributed by atoms with Crippen molar-refractivity contribution in [2.75, 3.05) is 5.32 Å². The first-order valence-electron chi connectivity index (χ1n) is 8.39. The minimum Gasteiger partial charge on any atom is -0.486 e. The molecule has 5 nitrogen and oxygen atoms in total. The minimum absolute atomic E-state index is 0.169. The Morgan fingerprint density at radius 3 is 2.70 bits per heavy atom. The van der Waals surface area contributed by atoms with Crippen LogP contribution < -0.4 is 10.1 Å². The SMILES string of the molecule is Cc1ccc(OCc2nc(CC(=O)Nc3sc(C)c(C)c3C#N)cs2)cc1. The summed E-state index contributed by atoms with van der Waals surface area (Å²) in [6.07, 6.45) is 0.169. The van der Waals surface area contributed by atoms with Crippen molar-refractivity contribution in [3.05, 3.63) is 61.9 Å². The van der Waals surface area contributed by atoms with Crippen LogP contribution in [0.15, 0.2) is 29.6 Å². The Morgan fingerprint density at radius 1 is 1.26 bits per heavy atom. The van der Waals surface area contributed by atoms with Crippen molar-refractivity contribution in [1.29, 1.82) is 5.26 Å². The van der Waals surface area contributed by atoms with E-state index >= 15 is 0 Å². The molecule has 2 heterocycles. The zero-order valence-electron chi connectivity index (χ0n) is 15.3. The van der Waals surface area contributed by atoms with Crippen LogP contribution in [0.1, 0.15) is 32.3 Å². The predicted octanol–water partition coefficient (Wildman–Crippen LogP) is 4.76. The standard InChI is InChI=1S/C20H19N3O2S2/c1-12-4-6-16(7-5-12)25-10-19-22-15(11-26-19)8-18(24)23-20-17(9-21)13(2)14(3)27-20/h4-7,11H,8,10H2,1-3H3,(H,23,24). The summed E-state index contributed by atoms with van der Waals surface area (Å²) in [6, 6.07) is 10.0. The molecule has 0 spiro atoms. The van der Waals surface area contributed by atoms with Crippen LogP contribution in [0.25, 0.3) is 0 Å². The fraction of sp³-hybridized carbons (Fsp3) is 0.250. The van der Waals surface area contributed by atoms with Crippen molar-refractivity contribution in [2.45, 2.75) is 33.8 Å². The molecule has 0 unspecified atom stereocenters. The highest BCUT2D eigenvalue weighted by molar-refractivity contribution is 7.16. The highest BCUT2D eigenvalue weighted by Gasteiger charge is 2.15. The summed E-state index contributed by atoms with van der Waals surface area (Å²) < 4.78 is 5.72. The molecule has 0 aliphatic heterocycles. The highest BCUT2D eigenvalue weighted by Crippen LogP contribution is 2.31. The van der Waals surface area contributed by atoms with E-state index in [1.165, 1.54) is 28.2 Å². The number of thiophene rings is 1. The number of hydrogen-bond acceptors (Lipinski definition) is 6. The summed E-state index contributed by atoms with van der Waals surface area (Å²) in [5.74, 6) is 0.617. The van der Waals surface area contributed by atoms with Gasteiger partial charge in [-0.25, -0.2) is 4.98 Å². The number of nitrogens with zero attached hydrogens (tertiary/aromatic N) is 2. The molecule has 0 atom stereocenters. The highest BCUT2D eigenvalue weighted by atomic mass is 32.1. The quantitative estimate of drug-likeness (QED) is 0.651. The molecule has 0 radical (unpaired) electrons. The first-order chi connectivity index (χ1) is 13.0. The van der Waals surface area contributed by atoms with Gasteiger partial charge in [0, 0.05) is 10.3 Å². The summed E-state index contributed by atoms with van der Waals surface area (Å²) in [4.78, 5) is 17.8. The fourth-order valence-electron chi connectivity index (χ4n) is 2.46. The number of hydrogen-bond donors (Lipinski definition) is 1. The van der Waals surface area contributed by atoms with Gasteiger partial charge in [0.25, 0.3) is 0 Å². The molecule has 1 N–H and O–H groups in total. The largest absolute Gasteiger partial charge is 0.486 e. The molecular weight excluding hydrogens is 378 g/mol. The van der Waals surface area contributed by atoms with E-state index in [0.717, 1.165) is 21.2 Å². The number of carbonyl (C=O) groups is 1. The molecule has 27 heavy (non-hydrogen) atoms. The zero-order valence-corrected chi connectivity index (χ0v) is 17.0. The van der Waals surface area contributed by atoms with Gasteiger partial charge in [-0.2, -0.15) is 5.26 Å². The molecule has 0 aliphatic rings. The number of nitriles is 1.